The van der Waals surface area contributed by atoms with Gasteiger partial charge in [0.15, 0.2) is 0 Å². The Kier molecular flexibility index (Phi) is 3.92. The van der Waals surface area contributed by atoms with Crippen molar-refractivity contribution in [3.63, 3.8) is 0 Å². The van der Waals surface area contributed by atoms with Crippen LogP contribution in [-0.4, -0.2) is 11.8 Å². The third-order valence-electron chi connectivity index (χ3n) is 3.98. The summed E-state index contributed by atoms with van der Waals surface area (Å²) >= 11 is 0. The van der Waals surface area contributed by atoms with Gasteiger partial charge in [-0.15, -0.1) is 0 Å². The van der Waals surface area contributed by atoms with E-state index in [4.69, 9.17) is 0 Å². The maximum atomic E-state index is 12.2. The second-order valence-electron chi connectivity index (χ2n) is 5.53. The van der Waals surface area contributed by atoms with Crippen molar-refractivity contribution in [1.29, 1.82) is 0 Å². The van der Waals surface area contributed by atoms with Crippen LogP contribution in [0.15, 0.2) is 54.6 Å². The molecule has 2 amide bonds. The molecule has 0 spiro atoms. The number of para-hydroxylation sites is 1. The number of benzene rings is 2. The van der Waals surface area contributed by atoms with Gasteiger partial charge in [0.25, 0.3) is 0 Å². The smallest absolute Gasteiger partial charge is 0.232 e. The quantitative estimate of drug-likeness (QED) is 0.910. The lowest BCUT2D eigenvalue weighted by atomic mass is 9.96. The molecule has 1 heterocycles. The molecule has 4 heteroatoms. The Morgan fingerprint density at radius 2 is 1.82 bits per heavy atom. The summed E-state index contributed by atoms with van der Waals surface area (Å²) in [5.74, 6) is -0.629. The van der Waals surface area contributed by atoms with Gasteiger partial charge in [-0.25, -0.2) is 0 Å². The molecule has 4 nitrogen and oxygen atoms in total. The molecule has 0 aromatic heterocycles. The Hall–Kier alpha value is -2.62. The third kappa shape index (κ3) is 2.86. The Morgan fingerprint density at radius 3 is 2.59 bits per heavy atom. The standard InChI is InChI=1S/C18H18N2O2/c1-12(13-7-3-2-4-8-13)19-17(21)11-15-14-9-5-6-10-16(14)20-18(15)22/h2-10,12,15H,11H2,1H3,(H,19,21)(H,20,22). The molecule has 2 atom stereocenters. The fraction of sp³-hybridized carbons (Fsp3) is 0.222. The fourth-order valence-electron chi connectivity index (χ4n) is 2.79. The average Bonchev–Trinajstić information content (AvgIpc) is 2.84. The van der Waals surface area contributed by atoms with Crippen LogP contribution in [0.2, 0.25) is 0 Å². The van der Waals surface area contributed by atoms with E-state index >= 15 is 0 Å². The number of fused-ring (bicyclic) bond motifs is 1. The lowest BCUT2D eigenvalue weighted by Crippen LogP contribution is -2.29. The number of rotatable bonds is 4. The number of anilines is 1. The van der Waals surface area contributed by atoms with Crippen molar-refractivity contribution < 1.29 is 9.59 Å². The van der Waals surface area contributed by atoms with E-state index in [2.05, 4.69) is 10.6 Å². The van der Waals surface area contributed by atoms with E-state index in [9.17, 15) is 9.59 Å². The number of amides is 2. The Morgan fingerprint density at radius 1 is 1.14 bits per heavy atom. The molecule has 0 fully saturated rings. The molecule has 2 unspecified atom stereocenters. The lowest BCUT2D eigenvalue weighted by molar-refractivity contribution is -0.125. The Labute approximate surface area is 129 Å². The minimum atomic E-state index is -0.404. The van der Waals surface area contributed by atoms with E-state index in [0.717, 1.165) is 16.8 Å². The van der Waals surface area contributed by atoms with E-state index < -0.39 is 5.92 Å². The highest BCUT2D eigenvalue weighted by Gasteiger charge is 2.32. The lowest BCUT2D eigenvalue weighted by Gasteiger charge is -2.16. The summed E-state index contributed by atoms with van der Waals surface area (Å²) in [6, 6.07) is 17.2. The van der Waals surface area contributed by atoms with Crippen molar-refractivity contribution in [3.8, 4) is 0 Å². The first-order valence-electron chi connectivity index (χ1n) is 7.39. The summed E-state index contributed by atoms with van der Waals surface area (Å²) < 4.78 is 0. The molecule has 22 heavy (non-hydrogen) atoms. The van der Waals surface area contributed by atoms with Gasteiger partial charge in [0.05, 0.1) is 12.0 Å². The van der Waals surface area contributed by atoms with Crippen LogP contribution in [0, 0.1) is 0 Å². The van der Waals surface area contributed by atoms with Gasteiger partial charge in [-0.1, -0.05) is 48.5 Å². The van der Waals surface area contributed by atoms with Crippen molar-refractivity contribution in [2.24, 2.45) is 0 Å². The van der Waals surface area contributed by atoms with Crippen LogP contribution in [0.4, 0.5) is 5.69 Å². The number of nitrogens with one attached hydrogen (secondary N) is 2. The second-order valence-corrected chi connectivity index (χ2v) is 5.53. The van der Waals surface area contributed by atoms with Gasteiger partial charge < -0.3 is 10.6 Å². The first-order valence-corrected chi connectivity index (χ1v) is 7.39. The molecule has 0 saturated heterocycles. The van der Waals surface area contributed by atoms with Gasteiger partial charge >= 0.3 is 0 Å². The second kappa shape index (κ2) is 6.02. The van der Waals surface area contributed by atoms with Gasteiger partial charge in [0.2, 0.25) is 11.8 Å². The van der Waals surface area contributed by atoms with Crippen molar-refractivity contribution in [3.05, 3.63) is 65.7 Å². The zero-order chi connectivity index (χ0) is 15.5. The highest BCUT2D eigenvalue weighted by atomic mass is 16.2. The van der Waals surface area contributed by atoms with Crippen molar-refractivity contribution >= 4 is 17.5 Å². The zero-order valence-corrected chi connectivity index (χ0v) is 12.4. The van der Waals surface area contributed by atoms with Crippen LogP contribution in [0.5, 0.6) is 0 Å². The highest BCUT2D eigenvalue weighted by molar-refractivity contribution is 6.04. The molecule has 112 valence electrons. The predicted octanol–water partition coefficient (Wildman–Crippen LogP) is 2.99. The third-order valence-corrected chi connectivity index (χ3v) is 3.98. The van der Waals surface area contributed by atoms with Crippen molar-refractivity contribution in [1.82, 2.24) is 5.32 Å². The van der Waals surface area contributed by atoms with Crippen LogP contribution in [0.3, 0.4) is 0 Å². The van der Waals surface area contributed by atoms with Crippen LogP contribution in [-0.2, 0) is 9.59 Å². The molecule has 0 bridgehead atoms. The molecule has 2 aromatic carbocycles. The summed E-state index contributed by atoms with van der Waals surface area (Å²) in [4.78, 5) is 24.3. The first-order chi connectivity index (χ1) is 10.6. The zero-order valence-electron chi connectivity index (χ0n) is 12.4. The van der Waals surface area contributed by atoms with Gasteiger partial charge in [-0.05, 0) is 24.1 Å². The number of hydrogen-bond donors (Lipinski definition) is 2. The SMILES string of the molecule is CC(NC(=O)CC1C(=O)Nc2ccccc21)c1ccccc1. The minimum Gasteiger partial charge on any atom is -0.350 e. The van der Waals surface area contributed by atoms with Crippen LogP contribution >= 0.6 is 0 Å². The summed E-state index contributed by atoms with van der Waals surface area (Å²) in [5.41, 5.74) is 2.75. The van der Waals surface area contributed by atoms with Crippen molar-refractivity contribution in [2.75, 3.05) is 5.32 Å². The summed E-state index contributed by atoms with van der Waals surface area (Å²) in [5, 5.41) is 5.77. The average molecular weight is 294 g/mol. The van der Waals surface area contributed by atoms with E-state index in [1.165, 1.54) is 0 Å². The molecule has 1 aliphatic rings. The van der Waals surface area contributed by atoms with Gasteiger partial charge in [-0.2, -0.15) is 0 Å². The van der Waals surface area contributed by atoms with Gasteiger partial charge in [-0.3, -0.25) is 9.59 Å². The molecule has 1 aliphatic heterocycles. The predicted molar refractivity (Wildman–Crippen MR) is 85.4 cm³/mol. The summed E-state index contributed by atoms with van der Waals surface area (Å²) in [6.07, 6.45) is 0.167. The van der Waals surface area contributed by atoms with E-state index in [1.54, 1.807) is 0 Å². The molecule has 0 saturated carbocycles. The van der Waals surface area contributed by atoms with E-state index in [-0.39, 0.29) is 24.3 Å². The van der Waals surface area contributed by atoms with Crippen LogP contribution < -0.4 is 10.6 Å². The summed E-state index contributed by atoms with van der Waals surface area (Å²) in [6.45, 7) is 1.94. The normalized spacial score (nSPS) is 17.5. The van der Waals surface area contributed by atoms with E-state index in [0.29, 0.717) is 0 Å². The largest absolute Gasteiger partial charge is 0.350 e. The van der Waals surface area contributed by atoms with Crippen molar-refractivity contribution in [2.45, 2.75) is 25.3 Å². The summed E-state index contributed by atoms with van der Waals surface area (Å²) in [7, 11) is 0. The Balaban J connectivity index is 1.66. The van der Waals surface area contributed by atoms with Gasteiger partial charge in [0.1, 0.15) is 0 Å². The molecular formula is C18H18N2O2. The Bertz CT molecular complexity index is 697. The molecule has 2 N–H and O–H groups in total. The number of carbonyl (C=O) groups is 2. The van der Waals surface area contributed by atoms with E-state index in [1.807, 2.05) is 61.5 Å². The minimum absolute atomic E-state index is 0.0755. The molecule has 3 rings (SSSR count). The fourth-order valence-corrected chi connectivity index (χ4v) is 2.79. The maximum absolute atomic E-state index is 12.2. The number of hydrogen-bond acceptors (Lipinski definition) is 2. The highest BCUT2D eigenvalue weighted by Crippen LogP contribution is 2.34. The van der Waals surface area contributed by atoms with Gasteiger partial charge in [0, 0.05) is 12.1 Å². The molecule has 0 radical (unpaired) electrons. The maximum Gasteiger partial charge on any atom is 0.232 e. The molecular weight excluding hydrogens is 276 g/mol. The topological polar surface area (TPSA) is 58.2 Å². The molecule has 0 aliphatic carbocycles. The van der Waals surface area contributed by atoms with Crippen LogP contribution in [0.1, 0.15) is 36.4 Å². The first kappa shape index (κ1) is 14.3. The van der Waals surface area contributed by atoms with Crippen LogP contribution in [0.25, 0.3) is 0 Å². The number of carbonyl (C=O) groups excluding carboxylic acids is 2. The monoisotopic (exact) mass is 294 g/mol. The molecule has 2 aromatic rings.